The molecule has 0 N–H and O–H groups in total. The lowest BCUT2D eigenvalue weighted by atomic mass is 10.2. The van der Waals surface area contributed by atoms with Crippen LogP contribution >= 0.6 is 0 Å². The summed E-state index contributed by atoms with van der Waals surface area (Å²) < 4.78 is 5.12. The van der Waals surface area contributed by atoms with Gasteiger partial charge in [-0.2, -0.15) is 5.26 Å². The van der Waals surface area contributed by atoms with Gasteiger partial charge in [-0.1, -0.05) is 0 Å². The van der Waals surface area contributed by atoms with Crippen LogP contribution in [-0.2, 0) is 14.3 Å². The number of rotatable bonds is 6. The van der Waals surface area contributed by atoms with E-state index in [1.807, 2.05) is 13.0 Å². The van der Waals surface area contributed by atoms with E-state index in [1.54, 1.807) is 25.7 Å². The van der Waals surface area contributed by atoms with E-state index in [1.165, 1.54) is 0 Å². The molecule has 0 saturated carbocycles. The van der Waals surface area contributed by atoms with Gasteiger partial charge in [-0.05, 0) is 27.7 Å². The van der Waals surface area contributed by atoms with E-state index < -0.39 is 5.60 Å². The van der Waals surface area contributed by atoms with Crippen molar-refractivity contribution in [2.75, 3.05) is 13.1 Å². The van der Waals surface area contributed by atoms with Crippen molar-refractivity contribution in [2.45, 2.75) is 52.6 Å². The third-order valence-corrected chi connectivity index (χ3v) is 2.19. The van der Waals surface area contributed by atoms with Crippen LogP contribution in [0, 0.1) is 11.3 Å². The van der Waals surface area contributed by atoms with Gasteiger partial charge in [0.05, 0.1) is 18.9 Å². The van der Waals surface area contributed by atoms with Crippen LogP contribution in [0.15, 0.2) is 0 Å². The van der Waals surface area contributed by atoms with Crippen molar-refractivity contribution in [2.24, 2.45) is 0 Å². The SMILES string of the molecule is CCN(CCC#N)C(=O)CCC(=O)OC(C)(C)C. The van der Waals surface area contributed by atoms with Crippen molar-refractivity contribution in [3.8, 4) is 6.07 Å². The molecule has 0 aliphatic carbocycles. The molecule has 0 aliphatic heterocycles. The van der Waals surface area contributed by atoms with E-state index in [0.717, 1.165) is 0 Å². The van der Waals surface area contributed by atoms with Crippen LogP contribution in [0.25, 0.3) is 0 Å². The molecule has 0 aliphatic rings. The van der Waals surface area contributed by atoms with Gasteiger partial charge in [0.25, 0.3) is 0 Å². The van der Waals surface area contributed by atoms with Gasteiger partial charge in [-0.3, -0.25) is 9.59 Å². The van der Waals surface area contributed by atoms with Crippen molar-refractivity contribution in [1.82, 2.24) is 4.90 Å². The first-order valence-corrected chi connectivity index (χ1v) is 6.16. The van der Waals surface area contributed by atoms with Crippen LogP contribution in [0.1, 0.15) is 47.0 Å². The molecule has 18 heavy (non-hydrogen) atoms. The van der Waals surface area contributed by atoms with Crippen LogP contribution in [-0.4, -0.2) is 35.5 Å². The quantitative estimate of drug-likeness (QED) is 0.678. The fraction of sp³-hybridized carbons (Fsp3) is 0.769. The average molecular weight is 254 g/mol. The standard InChI is InChI=1S/C13H22N2O3/c1-5-15(10-6-9-14)11(16)7-8-12(17)18-13(2,3)4/h5-8,10H2,1-4H3. The molecule has 5 nitrogen and oxygen atoms in total. The predicted octanol–water partition coefficient (Wildman–Crippen LogP) is 1.87. The van der Waals surface area contributed by atoms with Crippen molar-refractivity contribution in [1.29, 1.82) is 5.26 Å². The molecule has 1 amide bonds. The maximum absolute atomic E-state index is 11.8. The van der Waals surface area contributed by atoms with Crippen molar-refractivity contribution in [3.63, 3.8) is 0 Å². The third-order valence-electron chi connectivity index (χ3n) is 2.19. The number of nitriles is 1. The number of ether oxygens (including phenoxy) is 1. The van der Waals surface area contributed by atoms with Crippen LogP contribution < -0.4 is 0 Å². The number of amides is 1. The topological polar surface area (TPSA) is 70.4 Å². The maximum atomic E-state index is 11.8. The molecule has 0 saturated heterocycles. The van der Waals surface area contributed by atoms with Gasteiger partial charge in [0.2, 0.25) is 5.91 Å². The Morgan fingerprint density at radius 3 is 2.33 bits per heavy atom. The summed E-state index contributed by atoms with van der Waals surface area (Å²) in [7, 11) is 0. The van der Waals surface area contributed by atoms with Crippen molar-refractivity contribution < 1.29 is 14.3 Å². The number of carbonyl (C=O) groups excluding carboxylic acids is 2. The minimum Gasteiger partial charge on any atom is -0.460 e. The molecule has 0 rings (SSSR count). The zero-order valence-corrected chi connectivity index (χ0v) is 11.7. The Labute approximate surface area is 109 Å². The Balaban J connectivity index is 4.08. The van der Waals surface area contributed by atoms with Gasteiger partial charge >= 0.3 is 5.97 Å². The second-order valence-corrected chi connectivity index (χ2v) is 4.97. The van der Waals surface area contributed by atoms with Gasteiger partial charge in [-0.25, -0.2) is 0 Å². The van der Waals surface area contributed by atoms with Gasteiger partial charge in [0.1, 0.15) is 5.60 Å². The minimum atomic E-state index is -0.522. The first kappa shape index (κ1) is 16.4. The Hall–Kier alpha value is -1.57. The van der Waals surface area contributed by atoms with Crippen LogP contribution in [0.4, 0.5) is 0 Å². The second-order valence-electron chi connectivity index (χ2n) is 4.97. The van der Waals surface area contributed by atoms with Crippen LogP contribution in [0.3, 0.4) is 0 Å². The smallest absolute Gasteiger partial charge is 0.306 e. The predicted molar refractivity (Wildman–Crippen MR) is 67.6 cm³/mol. The first-order chi connectivity index (χ1) is 8.30. The fourth-order valence-electron chi connectivity index (χ4n) is 1.40. The van der Waals surface area contributed by atoms with E-state index in [-0.39, 0.29) is 24.7 Å². The molecule has 0 radical (unpaired) electrons. The minimum absolute atomic E-state index is 0.0825. The first-order valence-electron chi connectivity index (χ1n) is 6.16. The fourth-order valence-corrected chi connectivity index (χ4v) is 1.40. The molecule has 0 atom stereocenters. The monoisotopic (exact) mass is 254 g/mol. The highest BCUT2D eigenvalue weighted by atomic mass is 16.6. The van der Waals surface area contributed by atoms with E-state index in [4.69, 9.17) is 10.00 Å². The zero-order valence-electron chi connectivity index (χ0n) is 11.7. The molecule has 0 bridgehead atoms. The summed E-state index contributed by atoms with van der Waals surface area (Å²) in [5.41, 5.74) is -0.522. The summed E-state index contributed by atoms with van der Waals surface area (Å²) in [5.74, 6) is -0.481. The lowest BCUT2D eigenvalue weighted by Gasteiger charge is -2.21. The highest BCUT2D eigenvalue weighted by Crippen LogP contribution is 2.09. The van der Waals surface area contributed by atoms with Gasteiger partial charge in [0, 0.05) is 19.5 Å². The number of nitrogens with zero attached hydrogens (tertiary/aromatic N) is 2. The summed E-state index contributed by atoms with van der Waals surface area (Å²) in [6, 6.07) is 2.00. The van der Waals surface area contributed by atoms with E-state index >= 15 is 0 Å². The Morgan fingerprint density at radius 2 is 1.89 bits per heavy atom. The van der Waals surface area contributed by atoms with E-state index in [9.17, 15) is 9.59 Å². The van der Waals surface area contributed by atoms with Gasteiger partial charge in [-0.15, -0.1) is 0 Å². The van der Waals surface area contributed by atoms with Crippen molar-refractivity contribution in [3.05, 3.63) is 0 Å². The van der Waals surface area contributed by atoms with Gasteiger partial charge in [0.15, 0.2) is 0 Å². The molecular weight excluding hydrogens is 232 g/mol. The Kier molecular flexibility index (Phi) is 7.03. The zero-order chi connectivity index (χ0) is 14.2. The van der Waals surface area contributed by atoms with Crippen LogP contribution in [0.2, 0.25) is 0 Å². The molecule has 0 unspecified atom stereocenters. The molecule has 0 spiro atoms. The average Bonchev–Trinajstić information content (AvgIpc) is 2.25. The largest absolute Gasteiger partial charge is 0.460 e. The molecular formula is C13H22N2O3. The molecule has 0 aromatic carbocycles. The lowest BCUT2D eigenvalue weighted by molar-refractivity contribution is -0.156. The highest BCUT2D eigenvalue weighted by Gasteiger charge is 2.18. The number of carbonyl (C=O) groups is 2. The number of hydrogen-bond donors (Lipinski definition) is 0. The molecule has 0 heterocycles. The lowest BCUT2D eigenvalue weighted by Crippen LogP contribution is -2.32. The molecule has 102 valence electrons. The maximum Gasteiger partial charge on any atom is 0.306 e. The summed E-state index contributed by atoms with van der Waals surface area (Å²) in [6.07, 6.45) is 0.527. The number of esters is 1. The number of hydrogen-bond acceptors (Lipinski definition) is 4. The van der Waals surface area contributed by atoms with E-state index in [2.05, 4.69) is 0 Å². The van der Waals surface area contributed by atoms with Crippen molar-refractivity contribution >= 4 is 11.9 Å². The summed E-state index contributed by atoms with van der Waals surface area (Å²) in [5, 5.41) is 8.48. The summed E-state index contributed by atoms with van der Waals surface area (Å²) >= 11 is 0. The molecule has 0 aromatic heterocycles. The molecule has 5 heteroatoms. The van der Waals surface area contributed by atoms with E-state index in [0.29, 0.717) is 19.5 Å². The third kappa shape index (κ3) is 7.66. The van der Waals surface area contributed by atoms with Crippen LogP contribution in [0.5, 0.6) is 0 Å². The van der Waals surface area contributed by atoms with Gasteiger partial charge < -0.3 is 9.64 Å². The molecule has 0 aromatic rings. The summed E-state index contributed by atoms with van der Waals surface area (Å²) in [6.45, 7) is 8.19. The highest BCUT2D eigenvalue weighted by molar-refractivity contribution is 5.81. The Bertz CT molecular complexity index is 326. The Morgan fingerprint density at radius 1 is 1.28 bits per heavy atom. The second kappa shape index (κ2) is 7.70. The summed E-state index contributed by atoms with van der Waals surface area (Å²) in [4.78, 5) is 24.8. The molecule has 0 fully saturated rings. The normalized spacial score (nSPS) is 10.6.